The van der Waals surface area contributed by atoms with Gasteiger partial charge in [0.25, 0.3) is 0 Å². The number of nitrogens with zero attached hydrogens (tertiary/aromatic N) is 1. The molecular formula is C14H15NO3. The Hall–Kier alpha value is -2.10. The molecule has 1 aromatic heterocycles. The van der Waals surface area contributed by atoms with Crippen molar-refractivity contribution in [2.24, 2.45) is 0 Å². The molecule has 0 saturated heterocycles. The molecule has 0 fully saturated rings. The van der Waals surface area contributed by atoms with E-state index in [-0.39, 0.29) is 5.56 Å². The summed E-state index contributed by atoms with van der Waals surface area (Å²) < 4.78 is 5.47. The first-order chi connectivity index (χ1) is 8.72. The van der Waals surface area contributed by atoms with Crippen LogP contribution >= 0.6 is 0 Å². The van der Waals surface area contributed by atoms with E-state index in [1.165, 1.54) is 6.07 Å². The number of unbranched alkanes of at least 4 members (excludes halogenated alkanes) is 1. The third-order valence-corrected chi connectivity index (χ3v) is 2.67. The molecule has 0 aliphatic heterocycles. The predicted molar refractivity (Wildman–Crippen MR) is 69.1 cm³/mol. The number of carboxylic acids is 1. The van der Waals surface area contributed by atoms with Gasteiger partial charge in [-0.15, -0.1) is 0 Å². The Morgan fingerprint density at radius 3 is 2.89 bits per heavy atom. The Bertz CT molecular complexity index is 566. The zero-order chi connectivity index (χ0) is 13.0. The van der Waals surface area contributed by atoms with Crippen molar-refractivity contribution >= 4 is 16.9 Å². The van der Waals surface area contributed by atoms with Crippen LogP contribution in [-0.4, -0.2) is 22.7 Å². The smallest absolute Gasteiger partial charge is 0.336 e. The first-order valence-corrected chi connectivity index (χ1v) is 5.98. The number of hydrogen-bond donors (Lipinski definition) is 1. The lowest BCUT2D eigenvalue weighted by atomic mass is 10.1. The highest BCUT2D eigenvalue weighted by molar-refractivity contribution is 6.02. The lowest BCUT2D eigenvalue weighted by molar-refractivity contribution is 0.0698. The molecule has 2 rings (SSSR count). The number of carboxylic acid groups (broad SMARTS) is 1. The summed E-state index contributed by atoms with van der Waals surface area (Å²) in [5.41, 5.74) is 0.871. The summed E-state index contributed by atoms with van der Waals surface area (Å²) in [6.07, 6.45) is 1.95. The van der Waals surface area contributed by atoms with Crippen LogP contribution in [-0.2, 0) is 0 Å². The summed E-state index contributed by atoms with van der Waals surface area (Å²) >= 11 is 0. The molecule has 4 nitrogen and oxygen atoms in total. The van der Waals surface area contributed by atoms with Gasteiger partial charge in [-0.2, -0.15) is 0 Å². The van der Waals surface area contributed by atoms with E-state index >= 15 is 0 Å². The van der Waals surface area contributed by atoms with E-state index in [0.717, 1.165) is 12.8 Å². The Morgan fingerprint density at radius 2 is 2.17 bits per heavy atom. The summed E-state index contributed by atoms with van der Waals surface area (Å²) in [6.45, 7) is 2.63. The molecule has 0 unspecified atom stereocenters. The molecule has 1 N–H and O–H groups in total. The SMILES string of the molecule is CCCCOc1cc(C(=O)O)c2ccccc2n1. The highest BCUT2D eigenvalue weighted by Gasteiger charge is 2.11. The van der Waals surface area contributed by atoms with Gasteiger partial charge in [0.05, 0.1) is 17.7 Å². The molecule has 0 aliphatic rings. The molecule has 0 radical (unpaired) electrons. The average molecular weight is 245 g/mol. The molecule has 0 bridgehead atoms. The van der Waals surface area contributed by atoms with Crippen molar-refractivity contribution in [3.8, 4) is 5.88 Å². The summed E-state index contributed by atoms with van der Waals surface area (Å²) in [7, 11) is 0. The number of aromatic nitrogens is 1. The zero-order valence-electron chi connectivity index (χ0n) is 10.2. The van der Waals surface area contributed by atoms with Crippen molar-refractivity contribution in [2.75, 3.05) is 6.61 Å². The first kappa shape index (κ1) is 12.4. The summed E-state index contributed by atoms with van der Waals surface area (Å²) in [4.78, 5) is 15.5. The molecule has 2 aromatic rings. The molecule has 0 amide bonds. The van der Waals surface area contributed by atoms with Crippen LogP contribution in [0, 0.1) is 0 Å². The van der Waals surface area contributed by atoms with Gasteiger partial charge in [-0.3, -0.25) is 0 Å². The van der Waals surface area contributed by atoms with Crippen molar-refractivity contribution in [1.82, 2.24) is 4.98 Å². The predicted octanol–water partition coefficient (Wildman–Crippen LogP) is 3.11. The number of fused-ring (bicyclic) bond motifs is 1. The number of rotatable bonds is 5. The molecule has 18 heavy (non-hydrogen) atoms. The number of pyridine rings is 1. The lowest BCUT2D eigenvalue weighted by Gasteiger charge is -2.08. The van der Waals surface area contributed by atoms with E-state index < -0.39 is 5.97 Å². The van der Waals surface area contributed by atoms with E-state index in [2.05, 4.69) is 11.9 Å². The van der Waals surface area contributed by atoms with Crippen molar-refractivity contribution in [1.29, 1.82) is 0 Å². The quantitative estimate of drug-likeness (QED) is 0.822. The van der Waals surface area contributed by atoms with Gasteiger partial charge in [0.1, 0.15) is 0 Å². The van der Waals surface area contributed by atoms with Gasteiger partial charge in [0.15, 0.2) is 0 Å². The maximum Gasteiger partial charge on any atom is 0.336 e. The van der Waals surface area contributed by atoms with E-state index in [9.17, 15) is 9.90 Å². The van der Waals surface area contributed by atoms with Crippen molar-refractivity contribution in [2.45, 2.75) is 19.8 Å². The summed E-state index contributed by atoms with van der Waals surface area (Å²) in [6, 6.07) is 8.65. The van der Waals surface area contributed by atoms with Crippen LogP contribution in [0.2, 0.25) is 0 Å². The second kappa shape index (κ2) is 5.49. The summed E-state index contributed by atoms with van der Waals surface area (Å²) in [5.74, 6) is -0.589. The molecule has 0 spiro atoms. The average Bonchev–Trinajstić information content (AvgIpc) is 2.38. The molecule has 94 valence electrons. The highest BCUT2D eigenvalue weighted by Crippen LogP contribution is 2.22. The fourth-order valence-electron chi connectivity index (χ4n) is 1.72. The number of benzene rings is 1. The summed E-state index contributed by atoms with van der Waals surface area (Å²) in [5, 5.41) is 9.83. The van der Waals surface area contributed by atoms with Gasteiger partial charge in [0.2, 0.25) is 5.88 Å². The van der Waals surface area contributed by atoms with Crippen LogP contribution < -0.4 is 4.74 Å². The van der Waals surface area contributed by atoms with E-state index in [1.54, 1.807) is 18.2 Å². The lowest BCUT2D eigenvalue weighted by Crippen LogP contribution is -2.03. The normalized spacial score (nSPS) is 10.5. The molecule has 0 saturated carbocycles. The Balaban J connectivity index is 2.41. The van der Waals surface area contributed by atoms with E-state index in [0.29, 0.717) is 23.4 Å². The van der Waals surface area contributed by atoms with Gasteiger partial charge in [0, 0.05) is 11.5 Å². The number of ether oxygens (including phenoxy) is 1. The van der Waals surface area contributed by atoms with Crippen LogP contribution in [0.3, 0.4) is 0 Å². The van der Waals surface area contributed by atoms with Gasteiger partial charge < -0.3 is 9.84 Å². The second-order valence-electron chi connectivity index (χ2n) is 4.03. The molecule has 0 aliphatic carbocycles. The number of carbonyl (C=O) groups is 1. The van der Waals surface area contributed by atoms with Crippen LogP contribution in [0.25, 0.3) is 10.9 Å². The zero-order valence-corrected chi connectivity index (χ0v) is 10.2. The van der Waals surface area contributed by atoms with E-state index in [4.69, 9.17) is 4.74 Å². The van der Waals surface area contributed by atoms with Crippen molar-refractivity contribution in [3.05, 3.63) is 35.9 Å². The van der Waals surface area contributed by atoms with Gasteiger partial charge in [-0.25, -0.2) is 9.78 Å². The fourth-order valence-corrected chi connectivity index (χ4v) is 1.72. The minimum absolute atomic E-state index is 0.229. The van der Waals surface area contributed by atoms with Crippen LogP contribution in [0.5, 0.6) is 5.88 Å². The highest BCUT2D eigenvalue weighted by atomic mass is 16.5. The van der Waals surface area contributed by atoms with Crippen LogP contribution in [0.15, 0.2) is 30.3 Å². The molecule has 1 heterocycles. The maximum atomic E-state index is 11.2. The first-order valence-electron chi connectivity index (χ1n) is 5.98. The Labute approximate surface area is 105 Å². The topological polar surface area (TPSA) is 59.4 Å². The minimum atomic E-state index is -0.964. The van der Waals surface area contributed by atoms with Gasteiger partial charge in [-0.05, 0) is 12.5 Å². The second-order valence-corrected chi connectivity index (χ2v) is 4.03. The molecular weight excluding hydrogens is 230 g/mol. The van der Waals surface area contributed by atoms with Crippen molar-refractivity contribution in [3.63, 3.8) is 0 Å². The van der Waals surface area contributed by atoms with Crippen molar-refractivity contribution < 1.29 is 14.6 Å². The van der Waals surface area contributed by atoms with Gasteiger partial charge in [-0.1, -0.05) is 31.5 Å². The van der Waals surface area contributed by atoms with E-state index in [1.807, 2.05) is 6.07 Å². The fraction of sp³-hybridized carbons (Fsp3) is 0.286. The third kappa shape index (κ3) is 2.59. The van der Waals surface area contributed by atoms with Crippen LogP contribution in [0.1, 0.15) is 30.1 Å². The largest absolute Gasteiger partial charge is 0.478 e. The monoisotopic (exact) mass is 245 g/mol. The third-order valence-electron chi connectivity index (χ3n) is 2.67. The Morgan fingerprint density at radius 1 is 1.39 bits per heavy atom. The van der Waals surface area contributed by atoms with Crippen LogP contribution in [0.4, 0.5) is 0 Å². The number of para-hydroxylation sites is 1. The minimum Gasteiger partial charge on any atom is -0.478 e. The standard InChI is InChI=1S/C14H15NO3/c1-2-3-8-18-13-9-11(14(16)17)10-6-4-5-7-12(10)15-13/h4-7,9H,2-3,8H2,1H3,(H,16,17). The maximum absolute atomic E-state index is 11.2. The number of hydrogen-bond acceptors (Lipinski definition) is 3. The molecule has 0 atom stereocenters. The molecule has 4 heteroatoms. The molecule has 1 aromatic carbocycles. The van der Waals surface area contributed by atoms with Gasteiger partial charge >= 0.3 is 5.97 Å². The Kier molecular flexibility index (Phi) is 3.77. The number of aromatic carboxylic acids is 1.